The van der Waals surface area contributed by atoms with Gasteiger partial charge >= 0.3 is 0 Å². The Bertz CT molecular complexity index is 603. The van der Waals surface area contributed by atoms with E-state index in [2.05, 4.69) is 13.8 Å². The largest absolute Gasteiger partial charge is 0.493 e. The Balaban J connectivity index is 0.000000618. The first-order chi connectivity index (χ1) is 13.7. The Morgan fingerprint density at radius 1 is 0.714 bits per heavy atom. The van der Waals surface area contributed by atoms with Gasteiger partial charge in [0.25, 0.3) is 0 Å². The first-order valence-corrected chi connectivity index (χ1v) is 10.6. The predicted octanol–water partition coefficient (Wildman–Crippen LogP) is 8.20. The van der Waals surface area contributed by atoms with Crippen LogP contribution in [0.5, 0.6) is 23.0 Å². The van der Waals surface area contributed by atoms with Crippen LogP contribution >= 0.6 is 0 Å². The van der Waals surface area contributed by atoms with Crippen LogP contribution in [0.1, 0.15) is 71.8 Å². The smallest absolute Gasteiger partial charge is 0.203 e. The van der Waals surface area contributed by atoms with Gasteiger partial charge in [-0.05, 0) is 36.8 Å². The molecule has 0 amide bonds. The molecular formula is C25H40O3. The van der Waals surface area contributed by atoms with Crippen molar-refractivity contribution in [2.75, 3.05) is 14.2 Å². The zero-order valence-electron chi connectivity index (χ0n) is 19.0. The van der Waals surface area contributed by atoms with E-state index in [0.29, 0.717) is 17.2 Å². The molecule has 0 heterocycles. The topological polar surface area (TPSA) is 27.7 Å². The average molecular weight is 389 g/mol. The van der Waals surface area contributed by atoms with E-state index in [1.807, 2.05) is 63.2 Å². The number of para-hydroxylation sites is 1. The maximum atomic E-state index is 5.82. The van der Waals surface area contributed by atoms with E-state index in [4.69, 9.17) is 14.2 Å². The van der Waals surface area contributed by atoms with Crippen LogP contribution in [0.4, 0.5) is 0 Å². The molecule has 0 aromatic heterocycles. The molecule has 0 aliphatic rings. The molecule has 0 spiro atoms. The van der Waals surface area contributed by atoms with Crippen LogP contribution in [0.3, 0.4) is 0 Å². The molecule has 0 N–H and O–H groups in total. The van der Waals surface area contributed by atoms with Crippen LogP contribution in [-0.2, 0) is 0 Å². The van der Waals surface area contributed by atoms with Crippen LogP contribution in [-0.4, -0.2) is 14.2 Å². The molecule has 0 aliphatic heterocycles. The zero-order valence-corrected chi connectivity index (χ0v) is 19.0. The number of hydrogen-bond donors (Lipinski definition) is 0. The SMILES string of the molecule is CC.CCCCCCCC.COc1cc(C)cc(Oc2ccccc2)c1OC. The molecule has 0 aliphatic carbocycles. The van der Waals surface area contributed by atoms with Crippen molar-refractivity contribution in [3.8, 4) is 23.0 Å². The molecule has 2 rings (SSSR count). The van der Waals surface area contributed by atoms with Crippen molar-refractivity contribution in [2.24, 2.45) is 0 Å². The summed E-state index contributed by atoms with van der Waals surface area (Å²) in [5, 5.41) is 0. The maximum absolute atomic E-state index is 5.82. The summed E-state index contributed by atoms with van der Waals surface area (Å²) in [6.45, 7) is 10.5. The van der Waals surface area contributed by atoms with Crippen molar-refractivity contribution < 1.29 is 14.2 Å². The van der Waals surface area contributed by atoms with Gasteiger partial charge in [-0.3, -0.25) is 0 Å². The molecule has 0 saturated heterocycles. The molecule has 3 nitrogen and oxygen atoms in total. The highest BCUT2D eigenvalue weighted by Crippen LogP contribution is 2.40. The minimum absolute atomic E-state index is 0.604. The van der Waals surface area contributed by atoms with Gasteiger partial charge in [-0.1, -0.05) is 84.4 Å². The monoisotopic (exact) mass is 388 g/mol. The highest BCUT2D eigenvalue weighted by atomic mass is 16.5. The van der Waals surface area contributed by atoms with Gasteiger partial charge in [0.2, 0.25) is 5.75 Å². The van der Waals surface area contributed by atoms with Crippen LogP contribution in [0.2, 0.25) is 0 Å². The lowest BCUT2D eigenvalue weighted by Crippen LogP contribution is -1.95. The minimum atomic E-state index is 0.604. The summed E-state index contributed by atoms with van der Waals surface area (Å²) in [5.74, 6) is 2.69. The highest BCUT2D eigenvalue weighted by Gasteiger charge is 2.13. The van der Waals surface area contributed by atoms with Crippen LogP contribution in [0.15, 0.2) is 42.5 Å². The van der Waals surface area contributed by atoms with Crippen LogP contribution in [0.25, 0.3) is 0 Å². The zero-order chi connectivity index (χ0) is 21.2. The third kappa shape index (κ3) is 10.2. The molecule has 28 heavy (non-hydrogen) atoms. The van der Waals surface area contributed by atoms with Crippen LogP contribution in [0, 0.1) is 6.92 Å². The Hall–Kier alpha value is -2.16. The van der Waals surface area contributed by atoms with Crippen LogP contribution < -0.4 is 14.2 Å². The van der Waals surface area contributed by atoms with Crippen molar-refractivity contribution >= 4 is 0 Å². The molecular weight excluding hydrogens is 348 g/mol. The Morgan fingerprint density at radius 3 is 1.71 bits per heavy atom. The first kappa shape index (κ1) is 25.8. The van der Waals surface area contributed by atoms with Gasteiger partial charge in [-0.15, -0.1) is 0 Å². The number of aryl methyl sites for hydroxylation is 1. The molecule has 158 valence electrons. The number of hydrogen-bond acceptors (Lipinski definition) is 3. The number of unbranched alkanes of at least 4 members (excludes halogenated alkanes) is 5. The van der Waals surface area contributed by atoms with Crippen molar-refractivity contribution in [3.05, 3.63) is 48.0 Å². The Labute approximate surface area is 173 Å². The van der Waals surface area contributed by atoms with Crippen molar-refractivity contribution in [2.45, 2.75) is 73.1 Å². The lowest BCUT2D eigenvalue weighted by Gasteiger charge is -2.14. The summed E-state index contributed by atoms with van der Waals surface area (Å²) in [5.41, 5.74) is 1.05. The van der Waals surface area contributed by atoms with E-state index in [1.165, 1.54) is 38.5 Å². The minimum Gasteiger partial charge on any atom is -0.493 e. The summed E-state index contributed by atoms with van der Waals surface area (Å²) in [7, 11) is 3.22. The second-order valence-corrected chi connectivity index (χ2v) is 6.33. The Kier molecular flexibility index (Phi) is 15.7. The molecule has 2 aromatic rings. The van der Waals surface area contributed by atoms with E-state index < -0.39 is 0 Å². The summed E-state index contributed by atoms with van der Waals surface area (Å²) < 4.78 is 16.5. The van der Waals surface area contributed by atoms with Gasteiger partial charge in [0.1, 0.15) is 5.75 Å². The molecule has 2 aromatic carbocycles. The lowest BCUT2D eigenvalue weighted by molar-refractivity contribution is 0.336. The number of methoxy groups -OCH3 is 2. The van der Waals surface area contributed by atoms with Crippen molar-refractivity contribution in [1.82, 2.24) is 0 Å². The average Bonchev–Trinajstić information content (AvgIpc) is 2.73. The highest BCUT2D eigenvalue weighted by molar-refractivity contribution is 5.54. The second kappa shape index (κ2) is 17.0. The fraction of sp³-hybridized carbons (Fsp3) is 0.520. The second-order valence-electron chi connectivity index (χ2n) is 6.33. The van der Waals surface area contributed by atoms with Gasteiger partial charge in [0.15, 0.2) is 11.5 Å². The summed E-state index contributed by atoms with van der Waals surface area (Å²) in [4.78, 5) is 0. The van der Waals surface area contributed by atoms with Crippen molar-refractivity contribution in [1.29, 1.82) is 0 Å². The molecule has 0 radical (unpaired) electrons. The molecule has 3 heteroatoms. The molecule has 0 saturated carbocycles. The predicted molar refractivity (Wildman–Crippen MR) is 121 cm³/mol. The van der Waals surface area contributed by atoms with Gasteiger partial charge in [0, 0.05) is 0 Å². The van der Waals surface area contributed by atoms with E-state index in [1.54, 1.807) is 14.2 Å². The fourth-order valence-corrected chi connectivity index (χ4v) is 2.61. The van der Waals surface area contributed by atoms with E-state index >= 15 is 0 Å². The van der Waals surface area contributed by atoms with Gasteiger partial charge in [-0.25, -0.2) is 0 Å². The number of ether oxygens (including phenoxy) is 3. The number of rotatable bonds is 9. The fourth-order valence-electron chi connectivity index (χ4n) is 2.61. The molecule has 0 atom stereocenters. The van der Waals surface area contributed by atoms with Gasteiger partial charge in [0.05, 0.1) is 14.2 Å². The van der Waals surface area contributed by atoms with E-state index in [9.17, 15) is 0 Å². The molecule has 0 fully saturated rings. The van der Waals surface area contributed by atoms with Gasteiger partial charge in [-0.2, -0.15) is 0 Å². The lowest BCUT2D eigenvalue weighted by atomic mass is 10.1. The van der Waals surface area contributed by atoms with E-state index in [-0.39, 0.29) is 0 Å². The molecule has 0 unspecified atom stereocenters. The number of benzene rings is 2. The third-order valence-corrected chi connectivity index (χ3v) is 4.02. The third-order valence-electron chi connectivity index (χ3n) is 4.02. The van der Waals surface area contributed by atoms with Gasteiger partial charge < -0.3 is 14.2 Å². The normalized spacial score (nSPS) is 9.39. The summed E-state index contributed by atoms with van der Waals surface area (Å²) in [6.07, 6.45) is 8.49. The summed E-state index contributed by atoms with van der Waals surface area (Å²) in [6, 6.07) is 13.4. The standard InChI is InChI=1S/C15H16O3.C8H18.C2H6/c1-11-9-13(16-2)15(17-3)14(10-11)18-12-7-5-4-6-8-12;1-3-5-7-8-6-4-2;1-2/h4-10H,1-3H3;3-8H2,1-2H3;1-2H3. The molecule has 0 bridgehead atoms. The quantitative estimate of drug-likeness (QED) is 0.405. The van der Waals surface area contributed by atoms with E-state index in [0.717, 1.165) is 11.3 Å². The summed E-state index contributed by atoms with van der Waals surface area (Å²) >= 11 is 0. The Morgan fingerprint density at radius 2 is 1.25 bits per heavy atom. The van der Waals surface area contributed by atoms with Crippen molar-refractivity contribution in [3.63, 3.8) is 0 Å². The first-order valence-electron chi connectivity index (χ1n) is 10.6. The maximum Gasteiger partial charge on any atom is 0.203 e.